The highest BCUT2D eigenvalue weighted by Crippen LogP contribution is 2.30. The lowest BCUT2D eigenvalue weighted by Gasteiger charge is -2.22. The Kier molecular flexibility index (Phi) is 6.03. The largest absolute Gasteiger partial charge is 0.384 e. The predicted octanol–water partition coefficient (Wildman–Crippen LogP) is 2.52. The highest BCUT2D eigenvalue weighted by molar-refractivity contribution is 5.46. The van der Waals surface area contributed by atoms with Crippen LogP contribution in [0.4, 0.5) is 5.82 Å². The molecule has 3 N–H and O–H groups in total. The van der Waals surface area contributed by atoms with Crippen LogP contribution in [0.2, 0.25) is 0 Å². The van der Waals surface area contributed by atoms with E-state index in [0.717, 1.165) is 5.56 Å². The number of aromatic nitrogens is 3. The third-order valence-electron chi connectivity index (χ3n) is 5.01. The van der Waals surface area contributed by atoms with Gasteiger partial charge in [0.1, 0.15) is 11.7 Å². The monoisotopic (exact) mass is 414 g/mol. The van der Waals surface area contributed by atoms with Crippen LogP contribution in [0.15, 0.2) is 46.1 Å². The number of anilines is 1. The number of nitrogens with two attached hydrogens (primary N) is 1. The van der Waals surface area contributed by atoms with Gasteiger partial charge in [-0.25, -0.2) is 9.78 Å². The van der Waals surface area contributed by atoms with Gasteiger partial charge in [0.2, 0.25) is 0 Å². The Bertz CT molecular complexity index is 1340. The highest BCUT2D eigenvalue weighted by Gasteiger charge is 2.27. The summed E-state index contributed by atoms with van der Waals surface area (Å²) in [5, 5.41) is 19.5. The molecule has 0 saturated heterocycles. The zero-order chi connectivity index (χ0) is 22.7. The molecule has 2 aromatic heterocycles. The van der Waals surface area contributed by atoms with Crippen LogP contribution in [0.25, 0.3) is 0 Å². The Labute approximate surface area is 179 Å². The number of rotatable bonds is 5. The van der Waals surface area contributed by atoms with E-state index in [1.807, 2.05) is 20.8 Å². The average Bonchev–Trinajstić information content (AvgIpc) is 2.70. The molecule has 0 amide bonds. The molecule has 2 heterocycles. The van der Waals surface area contributed by atoms with Crippen molar-refractivity contribution in [3.05, 3.63) is 90.9 Å². The van der Waals surface area contributed by atoms with Crippen molar-refractivity contribution in [2.45, 2.75) is 39.2 Å². The van der Waals surface area contributed by atoms with Crippen LogP contribution < -0.4 is 17.0 Å². The van der Waals surface area contributed by atoms with Gasteiger partial charge in [0.25, 0.3) is 5.56 Å². The van der Waals surface area contributed by atoms with E-state index in [-0.39, 0.29) is 12.5 Å². The number of hydrogen-bond acceptors (Lipinski definition) is 6. The van der Waals surface area contributed by atoms with Crippen molar-refractivity contribution in [3.8, 4) is 12.1 Å². The second-order valence-corrected chi connectivity index (χ2v) is 7.69. The van der Waals surface area contributed by atoms with E-state index >= 15 is 0 Å². The highest BCUT2D eigenvalue weighted by atomic mass is 16.2. The van der Waals surface area contributed by atoms with Crippen molar-refractivity contribution >= 4 is 5.82 Å². The molecule has 0 spiro atoms. The molecule has 0 radical (unpaired) electrons. The van der Waals surface area contributed by atoms with Crippen molar-refractivity contribution < 1.29 is 0 Å². The third-order valence-corrected chi connectivity index (χ3v) is 5.01. The number of aryl methyl sites for hydroxylation is 1. The molecule has 0 aliphatic rings. The fourth-order valence-electron chi connectivity index (χ4n) is 3.74. The van der Waals surface area contributed by atoms with Crippen molar-refractivity contribution in [2.24, 2.45) is 0 Å². The normalized spacial score (nSPS) is 11.7. The van der Waals surface area contributed by atoms with Crippen LogP contribution >= 0.6 is 0 Å². The molecule has 1 unspecified atom stereocenters. The van der Waals surface area contributed by atoms with Gasteiger partial charge in [-0.2, -0.15) is 10.5 Å². The fourth-order valence-corrected chi connectivity index (χ4v) is 3.74. The minimum Gasteiger partial charge on any atom is -0.384 e. The molecule has 0 saturated carbocycles. The third kappa shape index (κ3) is 4.39. The van der Waals surface area contributed by atoms with E-state index < -0.39 is 17.2 Å². The van der Waals surface area contributed by atoms with Crippen LogP contribution in [0.5, 0.6) is 0 Å². The number of nitrogen functional groups attached to an aromatic ring is 1. The van der Waals surface area contributed by atoms with Crippen molar-refractivity contribution in [1.29, 1.82) is 10.5 Å². The summed E-state index contributed by atoms with van der Waals surface area (Å²) in [5.74, 6) is -0.863. The number of benzene rings is 1. The zero-order valence-electron chi connectivity index (χ0n) is 17.5. The Balaban J connectivity index is 2.34. The molecule has 1 aromatic carbocycles. The minimum absolute atomic E-state index is 0.104. The van der Waals surface area contributed by atoms with Gasteiger partial charge < -0.3 is 5.73 Å². The summed E-state index contributed by atoms with van der Waals surface area (Å²) in [7, 11) is 0. The molecule has 156 valence electrons. The van der Waals surface area contributed by atoms with E-state index in [9.17, 15) is 20.1 Å². The van der Waals surface area contributed by atoms with Gasteiger partial charge in [-0.05, 0) is 53.8 Å². The lowest BCUT2D eigenvalue weighted by molar-refractivity contribution is 0.634. The van der Waals surface area contributed by atoms with Crippen molar-refractivity contribution in [3.63, 3.8) is 0 Å². The lowest BCUT2D eigenvalue weighted by Crippen LogP contribution is -2.37. The first-order valence-electron chi connectivity index (χ1n) is 9.73. The Morgan fingerprint density at radius 3 is 2.55 bits per heavy atom. The Morgan fingerprint density at radius 2 is 1.94 bits per heavy atom. The molecule has 3 rings (SSSR count). The van der Waals surface area contributed by atoms with Gasteiger partial charge >= 0.3 is 5.69 Å². The van der Waals surface area contributed by atoms with Crippen LogP contribution in [0, 0.1) is 29.6 Å². The van der Waals surface area contributed by atoms with Crippen LogP contribution in [0.3, 0.4) is 0 Å². The topological polar surface area (TPSA) is 141 Å². The molecule has 0 fully saturated rings. The van der Waals surface area contributed by atoms with Crippen LogP contribution in [-0.4, -0.2) is 14.5 Å². The van der Waals surface area contributed by atoms with Gasteiger partial charge in [0.15, 0.2) is 0 Å². The second-order valence-electron chi connectivity index (χ2n) is 7.69. The first-order chi connectivity index (χ1) is 14.7. The van der Waals surface area contributed by atoms with Crippen LogP contribution in [0.1, 0.15) is 59.2 Å². The number of nitrogens with one attached hydrogen (secondary N) is 1. The second kappa shape index (κ2) is 8.68. The van der Waals surface area contributed by atoms with Gasteiger partial charge in [-0.3, -0.25) is 14.3 Å². The van der Waals surface area contributed by atoms with Gasteiger partial charge in [0.05, 0.1) is 29.9 Å². The molecular formula is C23H22N6O2. The van der Waals surface area contributed by atoms with Gasteiger partial charge in [-0.15, -0.1) is 0 Å². The zero-order valence-corrected chi connectivity index (χ0v) is 17.5. The first kappa shape index (κ1) is 21.5. The summed E-state index contributed by atoms with van der Waals surface area (Å²) in [6, 6.07) is 12.8. The summed E-state index contributed by atoms with van der Waals surface area (Å²) in [5.41, 5.74) is 7.78. The number of pyridine rings is 1. The maximum atomic E-state index is 12.9. The van der Waals surface area contributed by atoms with E-state index in [4.69, 9.17) is 5.73 Å². The minimum atomic E-state index is -0.918. The van der Waals surface area contributed by atoms with E-state index in [1.165, 1.54) is 10.8 Å². The number of nitriles is 2. The van der Waals surface area contributed by atoms with Crippen molar-refractivity contribution in [1.82, 2.24) is 14.5 Å². The first-order valence-corrected chi connectivity index (χ1v) is 9.73. The molecule has 8 nitrogen and oxygen atoms in total. The molecule has 0 bridgehead atoms. The molecule has 8 heteroatoms. The molecule has 0 aliphatic carbocycles. The predicted molar refractivity (Wildman–Crippen MR) is 117 cm³/mol. The smallest absolute Gasteiger partial charge is 0.328 e. The maximum absolute atomic E-state index is 12.9. The fraction of sp³-hybridized carbons (Fsp3) is 0.261. The Hall–Kier alpha value is -4.17. The van der Waals surface area contributed by atoms with E-state index in [1.54, 1.807) is 30.3 Å². The summed E-state index contributed by atoms with van der Waals surface area (Å²) < 4.78 is 1.40. The summed E-state index contributed by atoms with van der Waals surface area (Å²) in [6.07, 6.45) is 1.53. The van der Waals surface area contributed by atoms with E-state index in [0.29, 0.717) is 33.8 Å². The standard InChI is InChI=1S/C23H22N6O2/c1-13(2)20-21(18(11-25)17-7-14(3)6-16(8-17)10-24)29(23(31)28-22(20)30)12-15-4-5-27-19(26)9-15/h4-9,13,18H,12H2,1-3H3,(H2,26,27)(H,28,30,31). The summed E-state index contributed by atoms with van der Waals surface area (Å²) in [4.78, 5) is 31.9. The number of nitrogens with zero attached hydrogens (tertiary/aromatic N) is 4. The lowest BCUT2D eigenvalue weighted by atomic mass is 9.88. The quantitative estimate of drug-likeness (QED) is 0.657. The SMILES string of the molecule is Cc1cc(C#N)cc(C(C#N)c2c(C(C)C)c(=O)[nH]c(=O)n2Cc2ccnc(N)c2)c1. The number of aromatic amines is 1. The molecule has 3 aromatic rings. The van der Waals surface area contributed by atoms with Crippen molar-refractivity contribution in [2.75, 3.05) is 5.73 Å². The molecule has 1 atom stereocenters. The Morgan fingerprint density at radius 1 is 1.19 bits per heavy atom. The van der Waals surface area contributed by atoms with Gasteiger partial charge in [-0.1, -0.05) is 19.9 Å². The molecular weight excluding hydrogens is 392 g/mol. The molecule has 31 heavy (non-hydrogen) atoms. The molecule has 0 aliphatic heterocycles. The maximum Gasteiger partial charge on any atom is 0.328 e. The summed E-state index contributed by atoms with van der Waals surface area (Å²) >= 11 is 0. The number of hydrogen-bond donors (Lipinski definition) is 2. The van der Waals surface area contributed by atoms with Crippen LogP contribution in [-0.2, 0) is 6.54 Å². The van der Waals surface area contributed by atoms with E-state index in [2.05, 4.69) is 22.1 Å². The van der Waals surface area contributed by atoms with Gasteiger partial charge in [0, 0.05) is 11.8 Å². The average molecular weight is 414 g/mol. The summed E-state index contributed by atoms with van der Waals surface area (Å²) in [6.45, 7) is 5.59. The number of H-pyrrole nitrogens is 1.